The van der Waals surface area contributed by atoms with Crippen molar-refractivity contribution >= 4 is 21.8 Å². The summed E-state index contributed by atoms with van der Waals surface area (Å²) in [5.74, 6) is -0.115. The van der Waals surface area contributed by atoms with Crippen molar-refractivity contribution in [3.8, 4) is 0 Å². The molecule has 106 valence electrons. The normalized spacial score (nSPS) is 14.7. The van der Waals surface area contributed by atoms with Crippen LogP contribution in [0.25, 0.3) is 0 Å². The molecule has 2 N–H and O–H groups in total. The first-order valence-corrected chi connectivity index (χ1v) is 7.37. The maximum Gasteiger partial charge on any atom is 0.233 e. The third-order valence-corrected chi connectivity index (χ3v) is 2.43. The van der Waals surface area contributed by atoms with E-state index in [1.165, 1.54) is 0 Å². The van der Waals surface area contributed by atoms with Crippen LogP contribution in [0.3, 0.4) is 0 Å². The molecular weight excluding hydrogens is 294 g/mol. The lowest BCUT2D eigenvalue weighted by Gasteiger charge is -2.14. The van der Waals surface area contributed by atoms with E-state index >= 15 is 0 Å². The average Bonchev–Trinajstić information content (AvgIpc) is 2.37. The number of carbonyl (C=O) groups is 1. The molecule has 0 heterocycles. The summed E-state index contributed by atoms with van der Waals surface area (Å²) in [6, 6.07) is 0. The van der Waals surface area contributed by atoms with Gasteiger partial charge in [-0.25, -0.2) is 0 Å². The lowest BCUT2D eigenvalue weighted by Crippen LogP contribution is -2.36. The Morgan fingerprint density at radius 2 is 2.00 bits per heavy atom. The van der Waals surface area contributed by atoms with Crippen LogP contribution in [-0.4, -0.2) is 28.5 Å². The van der Waals surface area contributed by atoms with Crippen LogP contribution >= 0.6 is 15.9 Å². The number of rotatable bonds is 6. The first-order chi connectivity index (χ1) is 8.52. The van der Waals surface area contributed by atoms with E-state index in [9.17, 15) is 9.90 Å². The molecule has 0 saturated carbocycles. The highest BCUT2D eigenvalue weighted by Crippen LogP contribution is 2.06. The number of allylic oxidation sites excluding steroid dienone is 2. The largest absolute Gasteiger partial charge is 0.387 e. The minimum Gasteiger partial charge on any atom is -0.387 e. The van der Waals surface area contributed by atoms with Gasteiger partial charge in [0.2, 0.25) is 5.91 Å². The number of alkyl halides is 1. The molecule has 1 amide bonds. The summed E-state index contributed by atoms with van der Waals surface area (Å²) in [5, 5.41) is 12.5. The molecule has 0 aliphatic heterocycles. The Labute approximate surface area is 119 Å². The number of aliphatic hydroxyl groups excluding tert-OH is 1. The second-order valence-electron chi connectivity index (χ2n) is 3.49. The third kappa shape index (κ3) is 9.42. The summed E-state index contributed by atoms with van der Waals surface area (Å²) in [5.41, 5.74) is 0.840. The molecule has 3 nitrogen and oxygen atoms in total. The first-order valence-electron chi connectivity index (χ1n) is 6.45. The van der Waals surface area contributed by atoms with Gasteiger partial charge >= 0.3 is 0 Å². The van der Waals surface area contributed by atoms with Gasteiger partial charge in [0.1, 0.15) is 0 Å². The smallest absolute Gasteiger partial charge is 0.233 e. The zero-order valence-electron chi connectivity index (χ0n) is 12.0. The number of hydrogen-bond acceptors (Lipinski definition) is 2. The van der Waals surface area contributed by atoms with Crippen molar-refractivity contribution in [1.29, 1.82) is 0 Å². The van der Waals surface area contributed by atoms with Gasteiger partial charge in [-0.1, -0.05) is 54.9 Å². The minimum absolute atomic E-state index is 0.115. The van der Waals surface area contributed by atoms with Gasteiger partial charge in [-0.2, -0.15) is 0 Å². The summed E-state index contributed by atoms with van der Waals surface area (Å²) in [7, 11) is 0. The molecule has 2 unspecified atom stereocenters. The van der Waals surface area contributed by atoms with Crippen LogP contribution in [0.15, 0.2) is 23.8 Å². The van der Waals surface area contributed by atoms with E-state index < -0.39 is 6.10 Å². The van der Waals surface area contributed by atoms with Gasteiger partial charge in [-0.15, -0.1) is 0 Å². The topological polar surface area (TPSA) is 49.3 Å². The van der Waals surface area contributed by atoms with Gasteiger partial charge in [0.15, 0.2) is 0 Å². The fraction of sp³-hybridized carbons (Fsp3) is 0.643. The summed E-state index contributed by atoms with van der Waals surface area (Å²) in [4.78, 5) is 11.0. The monoisotopic (exact) mass is 319 g/mol. The molecule has 18 heavy (non-hydrogen) atoms. The van der Waals surface area contributed by atoms with Crippen LogP contribution in [-0.2, 0) is 4.79 Å². The molecule has 0 aliphatic carbocycles. The highest BCUT2D eigenvalue weighted by Gasteiger charge is 2.12. The van der Waals surface area contributed by atoms with E-state index in [0.717, 1.165) is 12.0 Å². The maximum absolute atomic E-state index is 11.3. The van der Waals surface area contributed by atoms with Gasteiger partial charge in [-0.05, 0) is 25.8 Å². The van der Waals surface area contributed by atoms with Gasteiger partial charge in [0.05, 0.1) is 10.9 Å². The number of amides is 1. The zero-order chi connectivity index (χ0) is 14.6. The fourth-order valence-electron chi connectivity index (χ4n) is 1.20. The number of hydrogen-bond donors (Lipinski definition) is 2. The van der Waals surface area contributed by atoms with Gasteiger partial charge in [0, 0.05) is 6.54 Å². The van der Waals surface area contributed by atoms with Crippen LogP contribution in [0.2, 0.25) is 0 Å². The predicted molar refractivity (Wildman–Crippen MR) is 81.9 cm³/mol. The van der Waals surface area contributed by atoms with E-state index in [1.807, 2.05) is 45.9 Å². The molecule has 0 aromatic rings. The van der Waals surface area contributed by atoms with E-state index in [1.54, 1.807) is 6.92 Å². The summed E-state index contributed by atoms with van der Waals surface area (Å²) < 4.78 is 0. The fourth-order valence-corrected chi connectivity index (χ4v) is 1.36. The zero-order valence-corrected chi connectivity index (χ0v) is 13.6. The highest BCUT2D eigenvalue weighted by molar-refractivity contribution is 9.10. The molecule has 2 atom stereocenters. The molecular formula is C14H26BrNO2. The predicted octanol–water partition coefficient (Wildman–Crippen LogP) is 3.19. The van der Waals surface area contributed by atoms with Crippen LogP contribution in [0, 0.1) is 0 Å². The quantitative estimate of drug-likeness (QED) is 0.583. The maximum atomic E-state index is 11.3. The summed E-state index contributed by atoms with van der Waals surface area (Å²) in [6.45, 7) is 9.89. The van der Waals surface area contributed by atoms with Crippen molar-refractivity contribution < 1.29 is 9.90 Å². The van der Waals surface area contributed by atoms with Crippen molar-refractivity contribution in [2.45, 2.75) is 52.0 Å². The number of halogens is 1. The molecule has 0 aliphatic rings. The number of nitrogens with one attached hydrogen (secondary N) is 1. The van der Waals surface area contributed by atoms with Crippen molar-refractivity contribution in [2.75, 3.05) is 6.54 Å². The Morgan fingerprint density at radius 3 is 2.39 bits per heavy atom. The second kappa shape index (κ2) is 12.8. The van der Waals surface area contributed by atoms with Crippen molar-refractivity contribution in [1.82, 2.24) is 5.32 Å². The Balaban J connectivity index is 0. The molecule has 0 spiro atoms. The SMILES string of the molecule is C/C=C\C(=C/CC)C(O)CNC(=O)C(C)Br.CC. The minimum atomic E-state index is -0.647. The number of carbonyl (C=O) groups excluding carboxylic acids is 1. The van der Waals surface area contributed by atoms with Crippen molar-refractivity contribution in [3.05, 3.63) is 23.8 Å². The molecule has 0 rings (SSSR count). The molecule has 0 aromatic carbocycles. The molecule has 0 aromatic heterocycles. The highest BCUT2D eigenvalue weighted by atomic mass is 79.9. The Bertz CT molecular complexity index is 273. The Hall–Kier alpha value is -0.610. The van der Waals surface area contributed by atoms with E-state index in [4.69, 9.17) is 0 Å². The molecule has 0 bridgehead atoms. The molecule has 0 radical (unpaired) electrons. The number of aliphatic hydroxyl groups is 1. The second-order valence-corrected chi connectivity index (χ2v) is 4.86. The van der Waals surface area contributed by atoms with E-state index in [-0.39, 0.29) is 17.3 Å². The summed E-state index contributed by atoms with van der Waals surface area (Å²) >= 11 is 3.17. The Morgan fingerprint density at radius 1 is 1.44 bits per heavy atom. The molecule has 0 fully saturated rings. The molecule has 4 heteroatoms. The van der Waals surface area contributed by atoms with Crippen LogP contribution in [0.1, 0.15) is 41.0 Å². The van der Waals surface area contributed by atoms with Crippen LogP contribution in [0.4, 0.5) is 0 Å². The van der Waals surface area contributed by atoms with E-state index in [2.05, 4.69) is 21.2 Å². The van der Waals surface area contributed by atoms with E-state index in [0.29, 0.717) is 0 Å². The standard InChI is InChI=1S/C12H20BrNO2.C2H6/c1-4-6-10(7-5-2)11(15)8-14-12(16)9(3)13;1-2/h4,6-7,9,11,15H,5,8H2,1-3H3,(H,14,16);1-2H3/b6-4-,10-7+;. The lowest BCUT2D eigenvalue weighted by molar-refractivity contribution is -0.120. The van der Waals surface area contributed by atoms with Crippen LogP contribution in [0.5, 0.6) is 0 Å². The van der Waals surface area contributed by atoms with Gasteiger partial charge in [0.25, 0.3) is 0 Å². The average molecular weight is 320 g/mol. The van der Waals surface area contributed by atoms with Gasteiger partial charge in [-0.3, -0.25) is 4.79 Å². The van der Waals surface area contributed by atoms with Crippen LogP contribution < -0.4 is 5.32 Å². The van der Waals surface area contributed by atoms with Gasteiger partial charge < -0.3 is 10.4 Å². The van der Waals surface area contributed by atoms with Crippen molar-refractivity contribution in [3.63, 3.8) is 0 Å². The first kappa shape index (κ1) is 19.7. The van der Waals surface area contributed by atoms with Crippen molar-refractivity contribution in [2.24, 2.45) is 0 Å². The summed E-state index contributed by atoms with van der Waals surface area (Å²) in [6.07, 6.45) is 5.90. The lowest BCUT2D eigenvalue weighted by atomic mass is 10.1. The molecule has 0 saturated heterocycles. The Kier molecular flexibility index (Phi) is 14.1. The third-order valence-electron chi connectivity index (χ3n) is 2.01.